The Morgan fingerprint density at radius 1 is 1.12 bits per heavy atom. The van der Waals surface area contributed by atoms with Gasteiger partial charge in [0, 0.05) is 9.86 Å². The fraction of sp³-hybridized carbons (Fsp3) is 0.0588. The van der Waals surface area contributed by atoms with E-state index in [0.717, 1.165) is 4.47 Å². The molecule has 7 heteroatoms. The fourth-order valence-corrected chi connectivity index (χ4v) is 3.10. The maximum absolute atomic E-state index is 12.5. The second-order valence-corrected chi connectivity index (χ2v) is 6.13. The zero-order chi connectivity index (χ0) is 16.8. The van der Waals surface area contributed by atoms with Crippen LogP contribution in [0.1, 0.15) is 0 Å². The topological polar surface area (TPSA) is 77.2 Å². The molecule has 0 saturated carbocycles. The molecule has 4 aromatic rings. The predicted molar refractivity (Wildman–Crippen MR) is 94.2 cm³/mol. The number of nitrogens with zero attached hydrogens (tertiary/aromatic N) is 1. The largest absolute Gasteiger partial charge is 0.497 e. The van der Waals surface area contributed by atoms with Crippen LogP contribution in [0.25, 0.3) is 27.7 Å². The van der Waals surface area contributed by atoms with Crippen molar-refractivity contribution in [3.8, 4) is 11.4 Å². The summed E-state index contributed by atoms with van der Waals surface area (Å²) in [7, 11) is 1.57. The Labute approximate surface area is 143 Å². The van der Waals surface area contributed by atoms with Crippen molar-refractivity contribution in [1.29, 1.82) is 0 Å². The number of nitrogens with one attached hydrogen (secondary N) is 1. The summed E-state index contributed by atoms with van der Waals surface area (Å²) in [6, 6.07) is 12.3. The number of aromatic nitrogens is 2. The lowest BCUT2D eigenvalue weighted by atomic mass is 10.2. The average Bonchev–Trinajstić information content (AvgIpc) is 2.94. The quantitative estimate of drug-likeness (QED) is 0.536. The van der Waals surface area contributed by atoms with Gasteiger partial charge in [0.2, 0.25) is 0 Å². The van der Waals surface area contributed by atoms with Gasteiger partial charge in [-0.1, -0.05) is 15.9 Å². The van der Waals surface area contributed by atoms with Crippen molar-refractivity contribution in [2.75, 3.05) is 7.11 Å². The number of rotatable bonds is 2. The first-order valence-corrected chi connectivity index (χ1v) is 7.89. The summed E-state index contributed by atoms with van der Waals surface area (Å²) >= 11 is 3.41. The van der Waals surface area contributed by atoms with Gasteiger partial charge < -0.3 is 9.15 Å². The van der Waals surface area contributed by atoms with E-state index in [0.29, 0.717) is 27.9 Å². The van der Waals surface area contributed by atoms with E-state index in [1.165, 1.54) is 4.57 Å². The monoisotopic (exact) mass is 386 g/mol. The van der Waals surface area contributed by atoms with Crippen LogP contribution in [0, 0.1) is 0 Å². The van der Waals surface area contributed by atoms with Gasteiger partial charge in [-0.2, -0.15) is 0 Å². The van der Waals surface area contributed by atoms with Crippen molar-refractivity contribution in [3.05, 3.63) is 67.8 Å². The summed E-state index contributed by atoms with van der Waals surface area (Å²) in [5.74, 6) is 0.679. The summed E-state index contributed by atoms with van der Waals surface area (Å²) in [5.41, 5.74) is 0.675. The molecular weight excluding hydrogens is 376 g/mol. The molecule has 0 aliphatic heterocycles. The molecule has 1 N–H and O–H groups in total. The van der Waals surface area contributed by atoms with Gasteiger partial charge in [-0.15, -0.1) is 0 Å². The van der Waals surface area contributed by atoms with Crippen LogP contribution in [0.2, 0.25) is 0 Å². The summed E-state index contributed by atoms with van der Waals surface area (Å²) in [6.07, 6.45) is 0. The Kier molecular flexibility index (Phi) is 3.31. The third kappa shape index (κ3) is 2.16. The first kappa shape index (κ1) is 14.8. The van der Waals surface area contributed by atoms with E-state index >= 15 is 0 Å². The summed E-state index contributed by atoms with van der Waals surface area (Å²) in [6.45, 7) is 0. The van der Waals surface area contributed by atoms with Gasteiger partial charge in [0.15, 0.2) is 5.52 Å². The molecule has 0 fully saturated rings. The molecule has 0 atom stereocenters. The van der Waals surface area contributed by atoms with Crippen molar-refractivity contribution in [2.45, 2.75) is 0 Å². The van der Waals surface area contributed by atoms with E-state index in [9.17, 15) is 9.59 Å². The maximum Gasteiger partial charge on any atom is 0.362 e. The number of H-pyrrole nitrogens is 1. The average molecular weight is 387 g/mol. The van der Waals surface area contributed by atoms with Crippen molar-refractivity contribution < 1.29 is 9.15 Å². The van der Waals surface area contributed by atoms with Crippen molar-refractivity contribution >= 4 is 37.9 Å². The van der Waals surface area contributed by atoms with Gasteiger partial charge in [0.25, 0.3) is 0 Å². The molecule has 24 heavy (non-hydrogen) atoms. The van der Waals surface area contributed by atoms with Crippen molar-refractivity contribution in [1.82, 2.24) is 9.55 Å². The van der Waals surface area contributed by atoms with Gasteiger partial charge in [-0.3, -0.25) is 9.55 Å². The van der Waals surface area contributed by atoms with Crippen LogP contribution in [0.5, 0.6) is 5.75 Å². The van der Waals surface area contributed by atoms with Gasteiger partial charge in [-0.25, -0.2) is 9.59 Å². The second-order valence-electron chi connectivity index (χ2n) is 5.22. The molecule has 0 aliphatic rings. The zero-order valence-corrected chi connectivity index (χ0v) is 14.1. The zero-order valence-electron chi connectivity index (χ0n) is 12.5. The fourth-order valence-electron chi connectivity index (χ4n) is 2.74. The maximum atomic E-state index is 12.5. The normalized spacial score (nSPS) is 11.2. The molecule has 2 aromatic carbocycles. The molecule has 0 bridgehead atoms. The van der Waals surface area contributed by atoms with Gasteiger partial charge in [0.05, 0.1) is 18.3 Å². The van der Waals surface area contributed by atoms with E-state index in [-0.39, 0.29) is 5.52 Å². The Hall–Kier alpha value is -2.80. The highest BCUT2D eigenvalue weighted by atomic mass is 79.9. The van der Waals surface area contributed by atoms with E-state index in [2.05, 4.69) is 20.9 Å². The van der Waals surface area contributed by atoms with Crippen LogP contribution >= 0.6 is 15.9 Å². The molecule has 4 rings (SSSR count). The van der Waals surface area contributed by atoms with E-state index in [1.54, 1.807) is 43.5 Å². The number of hydrogen-bond acceptors (Lipinski definition) is 4. The number of imidazole rings is 1. The molecule has 0 radical (unpaired) electrons. The SMILES string of the molecule is COc1ccc(-n2c(=O)[nH]c3c(=O)oc4ccc(Br)cc4c32)cc1. The summed E-state index contributed by atoms with van der Waals surface area (Å²) in [4.78, 5) is 27.2. The van der Waals surface area contributed by atoms with Crippen molar-refractivity contribution in [3.63, 3.8) is 0 Å². The molecular formula is C17H11BrN2O4. The van der Waals surface area contributed by atoms with Crippen molar-refractivity contribution in [2.24, 2.45) is 0 Å². The van der Waals surface area contributed by atoms with E-state index in [4.69, 9.17) is 9.15 Å². The van der Waals surface area contributed by atoms with Crippen LogP contribution in [0.4, 0.5) is 0 Å². The lowest BCUT2D eigenvalue weighted by molar-refractivity contribution is 0.414. The molecule has 2 aromatic heterocycles. The number of ether oxygens (including phenoxy) is 1. The number of fused-ring (bicyclic) bond motifs is 3. The number of hydrogen-bond donors (Lipinski definition) is 1. The first-order valence-electron chi connectivity index (χ1n) is 7.10. The second kappa shape index (κ2) is 5.38. The Balaban J connectivity index is 2.16. The molecule has 0 unspecified atom stereocenters. The lowest BCUT2D eigenvalue weighted by Gasteiger charge is -2.07. The standard InChI is InChI=1S/C17H11BrN2O4/c1-23-11-5-3-10(4-6-11)20-15-12-8-9(18)2-7-13(12)24-16(21)14(15)19-17(20)22/h2-8H,1H3,(H,19,22). The lowest BCUT2D eigenvalue weighted by Crippen LogP contribution is -2.14. The number of benzene rings is 2. The Morgan fingerprint density at radius 2 is 1.88 bits per heavy atom. The summed E-state index contributed by atoms with van der Waals surface area (Å²) < 4.78 is 12.7. The molecule has 2 heterocycles. The highest BCUT2D eigenvalue weighted by molar-refractivity contribution is 9.10. The number of methoxy groups -OCH3 is 1. The molecule has 6 nitrogen and oxygen atoms in total. The minimum atomic E-state index is -0.579. The summed E-state index contributed by atoms with van der Waals surface area (Å²) in [5, 5.41) is 0.660. The van der Waals surface area contributed by atoms with Crippen LogP contribution in [0.3, 0.4) is 0 Å². The number of halogens is 1. The molecule has 0 aliphatic carbocycles. The van der Waals surface area contributed by atoms with E-state index in [1.807, 2.05) is 6.07 Å². The molecule has 120 valence electrons. The van der Waals surface area contributed by atoms with Crippen LogP contribution in [0.15, 0.2) is 60.9 Å². The minimum Gasteiger partial charge on any atom is -0.497 e. The van der Waals surface area contributed by atoms with Crippen LogP contribution in [-0.4, -0.2) is 16.7 Å². The highest BCUT2D eigenvalue weighted by Crippen LogP contribution is 2.26. The third-order valence-electron chi connectivity index (χ3n) is 3.83. The highest BCUT2D eigenvalue weighted by Gasteiger charge is 2.17. The Morgan fingerprint density at radius 3 is 2.58 bits per heavy atom. The molecule has 0 amide bonds. The Bertz CT molecular complexity index is 1190. The number of aromatic amines is 1. The smallest absolute Gasteiger partial charge is 0.362 e. The van der Waals surface area contributed by atoms with Gasteiger partial charge in [-0.05, 0) is 42.5 Å². The minimum absolute atomic E-state index is 0.140. The van der Waals surface area contributed by atoms with Gasteiger partial charge in [0.1, 0.15) is 11.3 Å². The first-order chi connectivity index (χ1) is 11.6. The molecule has 0 saturated heterocycles. The van der Waals surface area contributed by atoms with E-state index < -0.39 is 11.3 Å². The predicted octanol–water partition coefficient (Wildman–Crippen LogP) is 3.20. The third-order valence-corrected chi connectivity index (χ3v) is 4.32. The van der Waals surface area contributed by atoms with Crippen LogP contribution < -0.4 is 16.1 Å². The van der Waals surface area contributed by atoms with Crippen LogP contribution in [-0.2, 0) is 0 Å². The van der Waals surface area contributed by atoms with Gasteiger partial charge >= 0.3 is 11.3 Å². The molecule has 0 spiro atoms.